The van der Waals surface area contributed by atoms with E-state index >= 15 is 0 Å². The summed E-state index contributed by atoms with van der Waals surface area (Å²) in [6, 6.07) is 15.7. The Kier molecular flexibility index (Phi) is 6.58. The van der Waals surface area contributed by atoms with Crippen LogP contribution in [0.3, 0.4) is 0 Å². The maximum atomic E-state index is 12.6. The molecule has 8 heteroatoms. The van der Waals surface area contributed by atoms with Crippen LogP contribution in [-0.4, -0.2) is 36.4 Å². The first-order valence-electron chi connectivity index (χ1n) is 9.03. The Morgan fingerprint density at radius 1 is 1.17 bits per heavy atom. The fourth-order valence-corrected chi connectivity index (χ4v) is 3.67. The summed E-state index contributed by atoms with van der Waals surface area (Å²) in [5.74, 6) is -0.346. The van der Waals surface area contributed by atoms with Gasteiger partial charge in [-0.1, -0.05) is 18.2 Å². The minimum absolute atomic E-state index is 0.0270. The number of amides is 1. The molecular formula is C21H22N4O3S. The molecule has 0 saturated carbocycles. The number of anilines is 2. The molecule has 1 amide bonds. The van der Waals surface area contributed by atoms with Crippen LogP contribution in [0.2, 0.25) is 0 Å². The van der Waals surface area contributed by atoms with Gasteiger partial charge in [0.2, 0.25) is 0 Å². The number of nitro benzene ring substituents is 1. The molecule has 0 spiro atoms. The largest absolute Gasteiger partial charge is 0.350 e. The number of nitrogens with one attached hydrogen (secondary N) is 2. The molecule has 0 radical (unpaired) electrons. The molecule has 1 atom stereocenters. The van der Waals surface area contributed by atoms with Gasteiger partial charge >= 0.3 is 0 Å². The highest BCUT2D eigenvalue weighted by atomic mass is 32.1. The van der Waals surface area contributed by atoms with Crippen molar-refractivity contribution in [1.29, 1.82) is 0 Å². The standard InChI is InChI=1S/C21H22N4O3S/c1-24(2)20(16-10-11-29-14-16)13-22-21(26)15-8-9-18(19(12-15)25(27)28)23-17-6-4-3-5-7-17/h3-12,14,20,23H,13H2,1-2H3,(H,22,26). The first kappa shape index (κ1) is 20.5. The van der Waals surface area contributed by atoms with Crippen LogP contribution in [0.5, 0.6) is 0 Å². The lowest BCUT2D eigenvalue weighted by Crippen LogP contribution is -2.34. The number of hydrogen-bond donors (Lipinski definition) is 2. The Morgan fingerprint density at radius 2 is 1.93 bits per heavy atom. The van der Waals surface area contributed by atoms with E-state index in [1.807, 2.05) is 66.2 Å². The van der Waals surface area contributed by atoms with Crippen molar-refractivity contribution in [1.82, 2.24) is 10.2 Å². The molecule has 1 heterocycles. The van der Waals surface area contributed by atoms with Gasteiger partial charge in [0, 0.05) is 23.9 Å². The summed E-state index contributed by atoms with van der Waals surface area (Å²) in [6.45, 7) is 0.403. The third-order valence-corrected chi connectivity index (χ3v) is 5.22. The molecule has 2 N–H and O–H groups in total. The van der Waals surface area contributed by atoms with Gasteiger partial charge in [-0.05, 0) is 60.8 Å². The zero-order valence-electron chi connectivity index (χ0n) is 16.2. The maximum Gasteiger partial charge on any atom is 0.293 e. The monoisotopic (exact) mass is 410 g/mol. The van der Waals surface area contributed by atoms with Crippen LogP contribution in [0.25, 0.3) is 0 Å². The number of nitrogens with zero attached hydrogens (tertiary/aromatic N) is 2. The molecule has 1 aromatic heterocycles. The second-order valence-electron chi connectivity index (χ2n) is 6.73. The second kappa shape index (κ2) is 9.31. The van der Waals surface area contributed by atoms with Crippen molar-refractivity contribution >= 4 is 34.3 Å². The summed E-state index contributed by atoms with van der Waals surface area (Å²) in [7, 11) is 3.90. The van der Waals surface area contributed by atoms with Crippen LogP contribution in [0.4, 0.5) is 17.1 Å². The van der Waals surface area contributed by atoms with Crippen LogP contribution in [0.15, 0.2) is 65.4 Å². The zero-order chi connectivity index (χ0) is 20.8. The van der Waals surface area contributed by atoms with Gasteiger partial charge in [-0.2, -0.15) is 11.3 Å². The van der Waals surface area contributed by atoms with Gasteiger partial charge in [0.25, 0.3) is 11.6 Å². The van der Waals surface area contributed by atoms with Crippen molar-refractivity contribution in [2.75, 3.05) is 26.0 Å². The van der Waals surface area contributed by atoms with Gasteiger partial charge in [-0.15, -0.1) is 0 Å². The number of carbonyl (C=O) groups excluding carboxylic acids is 1. The van der Waals surface area contributed by atoms with E-state index in [-0.39, 0.29) is 23.2 Å². The molecule has 0 aliphatic heterocycles. The predicted octanol–water partition coefficient (Wildman–Crippen LogP) is 4.43. The Labute approximate surface area is 173 Å². The van der Waals surface area contributed by atoms with E-state index < -0.39 is 4.92 Å². The zero-order valence-corrected chi connectivity index (χ0v) is 17.0. The molecule has 7 nitrogen and oxygen atoms in total. The number of nitro groups is 1. The summed E-state index contributed by atoms with van der Waals surface area (Å²) in [5.41, 5.74) is 2.29. The first-order chi connectivity index (χ1) is 14.0. The number of para-hydroxylation sites is 1. The quantitative estimate of drug-likeness (QED) is 0.424. The van der Waals surface area contributed by atoms with E-state index in [0.717, 1.165) is 11.3 Å². The highest BCUT2D eigenvalue weighted by Gasteiger charge is 2.20. The highest BCUT2D eigenvalue weighted by Crippen LogP contribution is 2.29. The molecule has 0 aliphatic rings. The van der Waals surface area contributed by atoms with Gasteiger partial charge in [0.1, 0.15) is 5.69 Å². The lowest BCUT2D eigenvalue weighted by atomic mass is 10.1. The number of benzene rings is 2. The average Bonchev–Trinajstić information content (AvgIpc) is 3.23. The van der Waals surface area contributed by atoms with Crippen molar-refractivity contribution in [3.63, 3.8) is 0 Å². The third-order valence-electron chi connectivity index (χ3n) is 4.52. The normalized spacial score (nSPS) is 11.8. The van der Waals surface area contributed by atoms with Crippen LogP contribution >= 0.6 is 11.3 Å². The number of rotatable bonds is 8. The minimum Gasteiger partial charge on any atom is -0.350 e. The Bertz CT molecular complexity index is 975. The van der Waals surface area contributed by atoms with E-state index in [4.69, 9.17) is 0 Å². The summed E-state index contributed by atoms with van der Waals surface area (Å²) in [6.07, 6.45) is 0. The van der Waals surface area contributed by atoms with Crippen molar-refractivity contribution in [2.24, 2.45) is 0 Å². The van der Waals surface area contributed by atoms with E-state index in [1.165, 1.54) is 6.07 Å². The molecule has 0 bridgehead atoms. The smallest absolute Gasteiger partial charge is 0.293 e. The van der Waals surface area contributed by atoms with Crippen molar-refractivity contribution < 1.29 is 9.72 Å². The van der Waals surface area contributed by atoms with E-state index in [2.05, 4.69) is 10.6 Å². The molecule has 3 aromatic rings. The van der Waals surface area contributed by atoms with Crippen molar-refractivity contribution in [2.45, 2.75) is 6.04 Å². The molecular weight excluding hydrogens is 388 g/mol. The minimum atomic E-state index is -0.490. The summed E-state index contributed by atoms with van der Waals surface area (Å²) >= 11 is 1.60. The van der Waals surface area contributed by atoms with Gasteiger partial charge in [0.05, 0.1) is 11.0 Å². The molecule has 2 aromatic carbocycles. The van der Waals surface area contributed by atoms with Crippen molar-refractivity contribution in [3.05, 3.63) is 86.6 Å². The molecule has 3 rings (SSSR count). The predicted molar refractivity (Wildman–Crippen MR) is 116 cm³/mol. The number of carbonyl (C=O) groups is 1. The molecule has 150 valence electrons. The number of thiophene rings is 1. The summed E-state index contributed by atoms with van der Waals surface area (Å²) in [4.78, 5) is 25.7. The lowest BCUT2D eigenvalue weighted by Gasteiger charge is -2.24. The van der Waals surface area contributed by atoms with Gasteiger partial charge in [0.15, 0.2) is 0 Å². The summed E-state index contributed by atoms with van der Waals surface area (Å²) in [5, 5.41) is 21.5. The number of hydrogen-bond acceptors (Lipinski definition) is 6. The van der Waals surface area contributed by atoms with Gasteiger partial charge in [-0.25, -0.2) is 0 Å². The van der Waals surface area contributed by atoms with Crippen molar-refractivity contribution in [3.8, 4) is 0 Å². The van der Waals surface area contributed by atoms with Crippen LogP contribution < -0.4 is 10.6 Å². The first-order valence-corrected chi connectivity index (χ1v) is 9.97. The second-order valence-corrected chi connectivity index (χ2v) is 7.51. The summed E-state index contributed by atoms with van der Waals surface area (Å²) < 4.78 is 0. The fourth-order valence-electron chi connectivity index (χ4n) is 2.96. The third kappa shape index (κ3) is 5.18. The van der Waals surface area contributed by atoms with Gasteiger partial charge in [-0.3, -0.25) is 14.9 Å². The van der Waals surface area contributed by atoms with Crippen LogP contribution in [0.1, 0.15) is 22.0 Å². The lowest BCUT2D eigenvalue weighted by molar-refractivity contribution is -0.383. The molecule has 29 heavy (non-hydrogen) atoms. The van der Waals surface area contributed by atoms with E-state index in [1.54, 1.807) is 23.5 Å². The van der Waals surface area contributed by atoms with Crippen LogP contribution in [0, 0.1) is 10.1 Å². The average molecular weight is 410 g/mol. The maximum absolute atomic E-state index is 12.6. The molecule has 0 aliphatic carbocycles. The van der Waals surface area contributed by atoms with E-state index in [9.17, 15) is 14.9 Å². The van der Waals surface area contributed by atoms with Crippen LogP contribution in [-0.2, 0) is 0 Å². The van der Waals surface area contributed by atoms with E-state index in [0.29, 0.717) is 12.2 Å². The SMILES string of the molecule is CN(C)C(CNC(=O)c1ccc(Nc2ccccc2)c([N+](=O)[O-])c1)c1ccsc1. The van der Waals surface area contributed by atoms with Gasteiger partial charge < -0.3 is 15.5 Å². The number of likely N-dealkylation sites (N-methyl/N-ethyl adjacent to an activating group) is 1. The molecule has 1 unspecified atom stereocenters. The fraction of sp³-hybridized carbons (Fsp3) is 0.190. The highest BCUT2D eigenvalue weighted by molar-refractivity contribution is 7.07. The Hall–Kier alpha value is -3.23. The Morgan fingerprint density at radius 3 is 2.55 bits per heavy atom. The molecule has 0 fully saturated rings. The Balaban J connectivity index is 1.75. The molecule has 0 saturated heterocycles. The topological polar surface area (TPSA) is 87.5 Å².